The van der Waals surface area contributed by atoms with Crippen molar-refractivity contribution >= 4 is 0 Å². The van der Waals surface area contributed by atoms with E-state index in [1.807, 2.05) is 0 Å². The van der Waals surface area contributed by atoms with Gasteiger partial charge >= 0.3 is 0 Å². The molecule has 0 aliphatic heterocycles. The molecule has 0 aromatic heterocycles. The summed E-state index contributed by atoms with van der Waals surface area (Å²) in [5.74, 6) is 0. The molecule has 0 fully saturated rings. The van der Waals surface area contributed by atoms with Crippen molar-refractivity contribution in [2.24, 2.45) is 10.8 Å². The van der Waals surface area contributed by atoms with Crippen LogP contribution >= 0.6 is 0 Å². The van der Waals surface area contributed by atoms with E-state index in [0.29, 0.717) is 10.8 Å². The molecule has 0 N–H and O–H groups in total. The monoisotopic (exact) mass is 214 g/mol. The molecule has 0 saturated carbocycles. The Hall–Kier alpha value is -0.0400. The maximum Gasteiger partial charge on any atom is 0.0471 e. The minimum Gasteiger partial charge on any atom is -0.381 e. The highest BCUT2D eigenvalue weighted by molar-refractivity contribution is 4.67. The van der Waals surface area contributed by atoms with Gasteiger partial charge in [0.15, 0.2) is 0 Å². The first kappa shape index (κ1) is 15.0. The molecule has 1 heteroatoms. The topological polar surface area (TPSA) is 9.23 Å². The van der Waals surface area contributed by atoms with E-state index >= 15 is 0 Å². The van der Waals surface area contributed by atoms with Crippen LogP contribution in [0.1, 0.15) is 67.2 Å². The largest absolute Gasteiger partial charge is 0.381 e. The number of rotatable bonds is 8. The first-order chi connectivity index (χ1) is 6.83. The van der Waals surface area contributed by atoms with Gasteiger partial charge in [-0.3, -0.25) is 0 Å². The van der Waals surface area contributed by atoms with Gasteiger partial charge in [-0.15, -0.1) is 0 Å². The van der Waals surface area contributed by atoms with Crippen LogP contribution in [0.4, 0.5) is 0 Å². The molecule has 0 bridgehead atoms. The smallest absolute Gasteiger partial charge is 0.0471 e. The molecule has 0 radical (unpaired) electrons. The molecular formula is C14H30O. The van der Waals surface area contributed by atoms with Crippen LogP contribution in [0.25, 0.3) is 0 Å². The summed E-state index contributed by atoms with van der Waals surface area (Å²) in [5.41, 5.74) is 0.889. The highest BCUT2D eigenvalue weighted by atomic mass is 16.5. The fraction of sp³-hybridized carbons (Fsp3) is 1.00. The molecule has 0 heterocycles. The molecule has 0 spiro atoms. The van der Waals surface area contributed by atoms with E-state index in [-0.39, 0.29) is 0 Å². The second kappa shape index (κ2) is 6.52. The number of ether oxygens (including phenoxy) is 1. The Labute approximate surface area is 96.6 Å². The Morgan fingerprint density at radius 3 is 1.33 bits per heavy atom. The second-order valence-corrected chi connectivity index (χ2v) is 6.15. The number of hydrogen-bond donors (Lipinski definition) is 0. The molecule has 1 nitrogen and oxygen atoms in total. The first-order valence-electron chi connectivity index (χ1n) is 6.41. The van der Waals surface area contributed by atoms with E-state index in [9.17, 15) is 0 Å². The van der Waals surface area contributed by atoms with E-state index in [0.717, 1.165) is 13.2 Å². The van der Waals surface area contributed by atoms with Crippen molar-refractivity contribution in [3.8, 4) is 0 Å². The van der Waals surface area contributed by atoms with Crippen LogP contribution in [0, 0.1) is 10.8 Å². The summed E-state index contributed by atoms with van der Waals surface area (Å²) in [6, 6.07) is 0. The normalized spacial score (nSPS) is 13.2. The molecule has 0 atom stereocenters. The van der Waals surface area contributed by atoms with Crippen LogP contribution in [0.15, 0.2) is 0 Å². The van der Waals surface area contributed by atoms with Gasteiger partial charge in [0.05, 0.1) is 0 Å². The van der Waals surface area contributed by atoms with Crippen LogP contribution in [0.2, 0.25) is 0 Å². The van der Waals surface area contributed by atoms with Gasteiger partial charge in [0, 0.05) is 13.2 Å². The summed E-state index contributed by atoms with van der Waals surface area (Å²) in [5, 5.41) is 0. The lowest BCUT2D eigenvalue weighted by molar-refractivity contribution is 0.0797. The van der Waals surface area contributed by atoms with Gasteiger partial charge in [0.2, 0.25) is 0 Å². The van der Waals surface area contributed by atoms with Gasteiger partial charge in [-0.25, -0.2) is 0 Å². The average molecular weight is 214 g/mol. The van der Waals surface area contributed by atoms with Crippen LogP contribution in [-0.2, 0) is 4.74 Å². The summed E-state index contributed by atoms with van der Waals surface area (Å²) < 4.78 is 5.71. The lowest BCUT2D eigenvalue weighted by atomic mass is 9.86. The molecule has 15 heavy (non-hydrogen) atoms. The van der Waals surface area contributed by atoms with Crippen molar-refractivity contribution in [3.05, 3.63) is 0 Å². The third-order valence-corrected chi connectivity index (χ3v) is 3.76. The lowest BCUT2D eigenvalue weighted by Crippen LogP contribution is -2.16. The Morgan fingerprint density at radius 2 is 1.07 bits per heavy atom. The predicted molar refractivity (Wildman–Crippen MR) is 68.2 cm³/mol. The molecule has 0 unspecified atom stereocenters. The van der Waals surface area contributed by atoms with Gasteiger partial charge in [-0.05, 0) is 23.7 Å². The maximum absolute atomic E-state index is 5.71. The molecular weight excluding hydrogens is 184 g/mol. The van der Waals surface area contributed by atoms with Crippen LogP contribution < -0.4 is 0 Å². The van der Waals surface area contributed by atoms with Gasteiger partial charge in [-0.1, -0.05) is 54.4 Å². The van der Waals surface area contributed by atoms with Crippen LogP contribution in [0.5, 0.6) is 0 Å². The standard InChI is InChI=1S/C14H30O/c1-7-13(3,4)9-11-15-12-10-14(5,6)8-2/h7-12H2,1-6H3. The molecule has 0 aromatic carbocycles. The van der Waals surface area contributed by atoms with Crippen molar-refractivity contribution in [3.63, 3.8) is 0 Å². The predicted octanol–water partition coefficient (Wildman–Crippen LogP) is 4.66. The Morgan fingerprint density at radius 1 is 0.733 bits per heavy atom. The van der Waals surface area contributed by atoms with Gasteiger partial charge in [0.1, 0.15) is 0 Å². The summed E-state index contributed by atoms with van der Waals surface area (Å²) in [6.07, 6.45) is 4.82. The zero-order valence-corrected chi connectivity index (χ0v) is 11.7. The van der Waals surface area contributed by atoms with E-state index < -0.39 is 0 Å². The van der Waals surface area contributed by atoms with Crippen molar-refractivity contribution in [2.45, 2.75) is 67.2 Å². The zero-order chi connectivity index (χ0) is 11.9. The van der Waals surface area contributed by atoms with Crippen molar-refractivity contribution < 1.29 is 4.74 Å². The van der Waals surface area contributed by atoms with Crippen molar-refractivity contribution in [1.29, 1.82) is 0 Å². The number of hydrogen-bond acceptors (Lipinski definition) is 1. The van der Waals surface area contributed by atoms with E-state index in [4.69, 9.17) is 4.74 Å². The highest BCUT2D eigenvalue weighted by Gasteiger charge is 2.16. The van der Waals surface area contributed by atoms with Gasteiger partial charge in [0.25, 0.3) is 0 Å². The quantitative estimate of drug-likeness (QED) is 0.534. The molecule has 0 rings (SSSR count). The fourth-order valence-corrected chi connectivity index (χ4v) is 1.15. The molecule has 0 aliphatic carbocycles. The van der Waals surface area contributed by atoms with Crippen molar-refractivity contribution in [1.82, 2.24) is 0 Å². The first-order valence-corrected chi connectivity index (χ1v) is 6.41. The molecule has 0 amide bonds. The highest BCUT2D eigenvalue weighted by Crippen LogP contribution is 2.26. The van der Waals surface area contributed by atoms with Gasteiger partial charge in [-0.2, -0.15) is 0 Å². The summed E-state index contributed by atoms with van der Waals surface area (Å²) in [4.78, 5) is 0. The Balaban J connectivity index is 3.48. The molecule has 0 aliphatic rings. The summed E-state index contributed by atoms with van der Waals surface area (Å²) >= 11 is 0. The van der Waals surface area contributed by atoms with E-state index in [2.05, 4.69) is 41.5 Å². The molecule has 0 saturated heterocycles. The van der Waals surface area contributed by atoms with Crippen molar-refractivity contribution in [2.75, 3.05) is 13.2 Å². The lowest BCUT2D eigenvalue weighted by Gasteiger charge is -2.24. The van der Waals surface area contributed by atoms with Crippen LogP contribution in [0.3, 0.4) is 0 Å². The zero-order valence-electron chi connectivity index (χ0n) is 11.7. The van der Waals surface area contributed by atoms with Crippen LogP contribution in [-0.4, -0.2) is 13.2 Å². The summed E-state index contributed by atoms with van der Waals surface area (Å²) in [7, 11) is 0. The van der Waals surface area contributed by atoms with E-state index in [1.54, 1.807) is 0 Å². The Kier molecular flexibility index (Phi) is 6.51. The Bertz CT molecular complexity index is 141. The second-order valence-electron chi connectivity index (χ2n) is 6.15. The van der Waals surface area contributed by atoms with Gasteiger partial charge < -0.3 is 4.74 Å². The molecule has 92 valence electrons. The minimum absolute atomic E-state index is 0.445. The third kappa shape index (κ3) is 7.84. The average Bonchev–Trinajstić information content (AvgIpc) is 2.17. The summed E-state index contributed by atoms with van der Waals surface area (Å²) in [6.45, 7) is 15.6. The SMILES string of the molecule is CCC(C)(C)CCOCCC(C)(C)CC. The maximum atomic E-state index is 5.71. The third-order valence-electron chi connectivity index (χ3n) is 3.76. The molecule has 0 aromatic rings. The minimum atomic E-state index is 0.445. The fourth-order valence-electron chi connectivity index (χ4n) is 1.15. The van der Waals surface area contributed by atoms with E-state index in [1.165, 1.54) is 25.7 Å².